The average molecular weight is 278 g/mol. The first-order valence-corrected chi connectivity index (χ1v) is 7.36. The van der Waals surface area contributed by atoms with Gasteiger partial charge in [-0.05, 0) is 30.9 Å². The monoisotopic (exact) mass is 278 g/mol. The third-order valence-electron chi connectivity index (χ3n) is 3.67. The number of nitrogens with one attached hydrogen (secondary N) is 1. The summed E-state index contributed by atoms with van der Waals surface area (Å²) in [6.07, 6.45) is 2.48. The van der Waals surface area contributed by atoms with Gasteiger partial charge in [0, 0.05) is 19.1 Å². The second-order valence-electron chi connectivity index (χ2n) is 5.68. The molecule has 0 aromatic heterocycles. The summed E-state index contributed by atoms with van der Waals surface area (Å²) in [6.45, 7) is 5.47. The Kier molecular flexibility index (Phi) is 5.12. The molecule has 1 unspecified atom stereocenters. The second kappa shape index (κ2) is 6.84. The molecular weight excluding hydrogens is 255 g/mol. The summed E-state index contributed by atoms with van der Waals surface area (Å²) in [7, 11) is 0. The lowest BCUT2D eigenvalue weighted by Gasteiger charge is -2.33. The molecule has 110 valence electrons. The number of hydrogen-bond acceptors (Lipinski definition) is 2. The van der Waals surface area contributed by atoms with E-state index in [-0.39, 0.29) is 17.8 Å². The molecule has 1 atom stereocenters. The van der Waals surface area contributed by atoms with Crippen LogP contribution in [-0.4, -0.2) is 36.0 Å². The fraction of sp³-hybridized carbons (Fsp3) is 0.562. The van der Waals surface area contributed by atoms with Crippen LogP contribution in [0.4, 0.5) is 4.39 Å². The van der Waals surface area contributed by atoms with E-state index in [1.807, 2.05) is 24.8 Å². The van der Waals surface area contributed by atoms with Crippen LogP contribution in [0.3, 0.4) is 0 Å². The Balaban J connectivity index is 1.92. The zero-order valence-electron chi connectivity index (χ0n) is 12.2. The molecule has 20 heavy (non-hydrogen) atoms. The van der Waals surface area contributed by atoms with Gasteiger partial charge in [-0.25, -0.2) is 4.39 Å². The number of carbonyl (C=O) groups is 1. The van der Waals surface area contributed by atoms with Crippen molar-refractivity contribution < 1.29 is 9.18 Å². The van der Waals surface area contributed by atoms with E-state index in [1.165, 1.54) is 6.07 Å². The normalized spacial score (nSPS) is 19.7. The minimum atomic E-state index is -0.186. The molecule has 3 nitrogen and oxygen atoms in total. The Morgan fingerprint density at radius 2 is 2.15 bits per heavy atom. The number of hydrogen-bond donors (Lipinski definition) is 1. The van der Waals surface area contributed by atoms with Crippen molar-refractivity contribution >= 4 is 5.91 Å². The number of nitrogens with zero attached hydrogens (tertiary/aromatic N) is 1. The van der Waals surface area contributed by atoms with Crippen LogP contribution in [0.25, 0.3) is 0 Å². The zero-order valence-corrected chi connectivity index (χ0v) is 12.2. The van der Waals surface area contributed by atoms with E-state index in [2.05, 4.69) is 5.32 Å². The number of benzene rings is 1. The minimum absolute atomic E-state index is 0.0793. The molecule has 1 fully saturated rings. The van der Waals surface area contributed by atoms with Gasteiger partial charge in [0.2, 0.25) is 5.91 Å². The van der Waals surface area contributed by atoms with Gasteiger partial charge in [-0.15, -0.1) is 0 Å². The number of carbonyl (C=O) groups excluding carboxylic acids is 1. The predicted molar refractivity (Wildman–Crippen MR) is 78.0 cm³/mol. The van der Waals surface area contributed by atoms with E-state index in [9.17, 15) is 9.18 Å². The van der Waals surface area contributed by atoms with Crippen LogP contribution >= 0.6 is 0 Å². The van der Waals surface area contributed by atoms with Crippen LogP contribution in [0.15, 0.2) is 24.3 Å². The quantitative estimate of drug-likeness (QED) is 0.896. The van der Waals surface area contributed by atoms with Crippen molar-refractivity contribution in [3.05, 3.63) is 35.6 Å². The molecule has 0 bridgehead atoms. The number of rotatable bonds is 5. The lowest BCUT2D eigenvalue weighted by atomic mass is 10.0. The molecule has 1 saturated heterocycles. The fourth-order valence-corrected chi connectivity index (χ4v) is 2.68. The van der Waals surface area contributed by atoms with E-state index >= 15 is 0 Å². The molecule has 0 saturated carbocycles. The SMILES string of the molecule is CC(C)NC1CCCN(CCc2ccccc2F)C1=O. The highest BCUT2D eigenvalue weighted by molar-refractivity contribution is 5.82. The first kappa shape index (κ1) is 15.0. The lowest BCUT2D eigenvalue weighted by Crippen LogP contribution is -2.52. The van der Waals surface area contributed by atoms with Crippen molar-refractivity contribution in [3.8, 4) is 0 Å². The minimum Gasteiger partial charge on any atom is -0.341 e. The Morgan fingerprint density at radius 1 is 1.40 bits per heavy atom. The number of piperidine rings is 1. The van der Waals surface area contributed by atoms with Gasteiger partial charge in [0.1, 0.15) is 5.82 Å². The van der Waals surface area contributed by atoms with Gasteiger partial charge in [0.05, 0.1) is 6.04 Å². The van der Waals surface area contributed by atoms with Crippen LogP contribution in [-0.2, 0) is 11.2 Å². The molecule has 1 aromatic carbocycles. The summed E-state index contributed by atoms with van der Waals surface area (Å²) in [4.78, 5) is 14.2. The van der Waals surface area contributed by atoms with Gasteiger partial charge >= 0.3 is 0 Å². The Morgan fingerprint density at radius 3 is 2.85 bits per heavy atom. The molecule has 1 aliphatic heterocycles. The molecule has 0 spiro atoms. The van der Waals surface area contributed by atoms with Gasteiger partial charge < -0.3 is 10.2 Å². The first-order chi connectivity index (χ1) is 9.58. The average Bonchev–Trinajstić information content (AvgIpc) is 2.41. The maximum absolute atomic E-state index is 13.6. The van der Waals surface area contributed by atoms with Crippen molar-refractivity contribution in [1.29, 1.82) is 0 Å². The molecule has 1 aromatic rings. The topological polar surface area (TPSA) is 32.3 Å². The molecule has 1 aliphatic rings. The van der Waals surface area contributed by atoms with Crippen molar-refractivity contribution in [2.24, 2.45) is 0 Å². The molecule has 1 heterocycles. The highest BCUT2D eigenvalue weighted by atomic mass is 19.1. The number of likely N-dealkylation sites (tertiary alicyclic amines) is 1. The Hall–Kier alpha value is -1.42. The van der Waals surface area contributed by atoms with E-state index in [1.54, 1.807) is 12.1 Å². The van der Waals surface area contributed by atoms with Gasteiger partial charge in [-0.3, -0.25) is 4.79 Å². The third-order valence-corrected chi connectivity index (χ3v) is 3.67. The van der Waals surface area contributed by atoms with E-state index in [0.29, 0.717) is 24.6 Å². The molecule has 2 rings (SSSR count). The Labute approximate surface area is 120 Å². The van der Waals surface area contributed by atoms with E-state index < -0.39 is 0 Å². The molecule has 4 heteroatoms. The van der Waals surface area contributed by atoms with Gasteiger partial charge in [-0.2, -0.15) is 0 Å². The molecule has 0 aliphatic carbocycles. The highest BCUT2D eigenvalue weighted by Gasteiger charge is 2.28. The predicted octanol–water partition coefficient (Wildman–Crippen LogP) is 2.36. The smallest absolute Gasteiger partial charge is 0.239 e. The first-order valence-electron chi connectivity index (χ1n) is 7.36. The van der Waals surface area contributed by atoms with Crippen molar-refractivity contribution in [1.82, 2.24) is 10.2 Å². The van der Waals surface area contributed by atoms with Crippen LogP contribution in [0.1, 0.15) is 32.3 Å². The summed E-state index contributed by atoms with van der Waals surface area (Å²) in [5, 5.41) is 3.31. The Bertz CT molecular complexity index is 462. The van der Waals surface area contributed by atoms with Gasteiger partial charge in [-0.1, -0.05) is 32.0 Å². The summed E-state index contributed by atoms with van der Waals surface area (Å²) in [5.74, 6) is -0.0323. The number of halogens is 1. The highest BCUT2D eigenvalue weighted by Crippen LogP contribution is 2.14. The van der Waals surface area contributed by atoms with Crippen LogP contribution in [0.5, 0.6) is 0 Å². The van der Waals surface area contributed by atoms with Crippen molar-refractivity contribution in [2.75, 3.05) is 13.1 Å². The summed E-state index contributed by atoms with van der Waals surface area (Å²) >= 11 is 0. The standard InChI is InChI=1S/C16H23FN2O/c1-12(2)18-15-8-5-10-19(16(15)20)11-9-13-6-3-4-7-14(13)17/h3-4,6-7,12,15,18H,5,8-11H2,1-2H3. The molecule has 1 N–H and O–H groups in total. The molecule has 1 amide bonds. The van der Waals surface area contributed by atoms with Crippen LogP contribution in [0, 0.1) is 5.82 Å². The third kappa shape index (κ3) is 3.79. The zero-order chi connectivity index (χ0) is 14.5. The summed E-state index contributed by atoms with van der Waals surface area (Å²) < 4.78 is 13.6. The summed E-state index contributed by atoms with van der Waals surface area (Å²) in [5.41, 5.74) is 0.680. The number of amides is 1. The molecule has 0 radical (unpaired) electrons. The van der Waals surface area contributed by atoms with Crippen molar-refractivity contribution in [3.63, 3.8) is 0 Å². The largest absolute Gasteiger partial charge is 0.341 e. The van der Waals surface area contributed by atoms with Gasteiger partial charge in [0.15, 0.2) is 0 Å². The summed E-state index contributed by atoms with van der Waals surface area (Å²) in [6, 6.07) is 7.00. The van der Waals surface area contributed by atoms with Crippen molar-refractivity contribution in [2.45, 2.75) is 45.2 Å². The fourth-order valence-electron chi connectivity index (χ4n) is 2.68. The lowest BCUT2D eigenvalue weighted by molar-refractivity contribution is -0.136. The second-order valence-corrected chi connectivity index (χ2v) is 5.68. The van der Waals surface area contributed by atoms with E-state index in [4.69, 9.17) is 0 Å². The van der Waals surface area contributed by atoms with Crippen LogP contribution < -0.4 is 5.32 Å². The van der Waals surface area contributed by atoms with Crippen LogP contribution in [0.2, 0.25) is 0 Å². The van der Waals surface area contributed by atoms with Gasteiger partial charge in [0.25, 0.3) is 0 Å². The molecular formula is C16H23FN2O. The maximum atomic E-state index is 13.6. The van der Waals surface area contributed by atoms with E-state index in [0.717, 1.165) is 19.4 Å². The maximum Gasteiger partial charge on any atom is 0.239 e.